The Bertz CT molecular complexity index is 4130. The lowest BCUT2D eigenvalue weighted by Crippen LogP contribution is -2.46. The van der Waals surface area contributed by atoms with Crippen molar-refractivity contribution in [3.8, 4) is 0 Å². The van der Waals surface area contributed by atoms with Crippen LogP contribution in [0.15, 0.2) is 119 Å². The molecule has 2 saturated heterocycles. The Morgan fingerprint density at radius 1 is 0.613 bits per heavy atom. The molecule has 12 rings (SSSR count). The number of H-pyrrole nitrogens is 1. The zero-order valence-corrected chi connectivity index (χ0v) is 54.1. The monoisotopic (exact) mass is 1300 g/mol. The standard InChI is InChI=1S/C39H51F2N7O5Si.C28H29F2N7O2/c1-39(2,3)53-37(50)45-33-27(26-10-7-12-29(40)32(26)41)14-15-30(34-28(33)11-8-18-42-34)44-36(49)46-20-16-25(17-21-46)48-31-13-9-19-43-35(31)47(38(48)51)24-52-22-23-54(4,5)6;29-20-6-1-4-17(23(20)30)18-8-9-21(25-19(24(18)31)5-2-12-32-25)34-27(38)36-14-10-16(11-15-36)37-22-7-3-13-33-26(22)35-28(37)39/h7-13,18-19,25,27,30,33H,14-17,20-24H2,1-6H3,(H,44,49)(H,45,50);1-7,12-13,16,18,21,24H,8-11,14-15,31H2,(H,34,38)(H,33,35,39)/t27-,30+,33-;18-,21+,24-/m00/s1. The third-order valence-corrected chi connectivity index (χ3v) is 19.9. The van der Waals surface area contributed by atoms with Crippen LogP contribution in [0.25, 0.3) is 22.3 Å². The van der Waals surface area contributed by atoms with Gasteiger partial charge in [0, 0.05) is 95.6 Å². The van der Waals surface area contributed by atoms with Crippen molar-refractivity contribution in [2.24, 2.45) is 5.73 Å². The first-order valence-electron chi connectivity index (χ1n) is 31.9. The summed E-state index contributed by atoms with van der Waals surface area (Å²) >= 11 is 0. The summed E-state index contributed by atoms with van der Waals surface area (Å²) in [6.07, 6.45) is 9.79. The first-order valence-corrected chi connectivity index (χ1v) is 35.6. The zero-order chi connectivity index (χ0) is 65.9. The number of imidazole rings is 2. The quantitative estimate of drug-likeness (QED) is 0.0331. The fraction of sp³-hybridized carbons (Fsp3) is 0.448. The molecular weight excluding hydrogens is 1220 g/mol. The molecule has 492 valence electrons. The lowest BCUT2D eigenvalue weighted by Gasteiger charge is -2.33. The van der Waals surface area contributed by atoms with E-state index in [1.807, 2.05) is 24.3 Å². The van der Waals surface area contributed by atoms with Gasteiger partial charge in [-0.15, -0.1) is 0 Å². The van der Waals surface area contributed by atoms with Crippen LogP contribution in [0.2, 0.25) is 25.7 Å². The summed E-state index contributed by atoms with van der Waals surface area (Å²) < 4.78 is 75.2. The minimum absolute atomic E-state index is 0.0419. The molecule has 0 spiro atoms. The zero-order valence-electron chi connectivity index (χ0n) is 53.1. The van der Waals surface area contributed by atoms with Crippen LogP contribution < -0.4 is 33.1 Å². The molecule has 5 amide bonds. The fourth-order valence-electron chi connectivity index (χ4n) is 13.5. The van der Waals surface area contributed by atoms with Gasteiger partial charge in [-0.05, 0) is 149 Å². The number of nitrogens with zero attached hydrogens (tertiary/aromatic N) is 9. The number of piperidine rings is 2. The van der Waals surface area contributed by atoms with Crippen LogP contribution in [0, 0.1) is 23.3 Å². The number of likely N-dealkylation sites (tertiary alicyclic amines) is 2. The second-order valence-electron chi connectivity index (χ2n) is 26.6. The number of hydrogen-bond acceptors (Lipinski definition) is 12. The third kappa shape index (κ3) is 14.6. The number of nitrogens with two attached hydrogens (primary N) is 1. The summed E-state index contributed by atoms with van der Waals surface area (Å²) in [6.45, 7) is 14.6. The number of benzene rings is 2. The Morgan fingerprint density at radius 2 is 1.12 bits per heavy atom. The largest absolute Gasteiger partial charge is 0.444 e. The summed E-state index contributed by atoms with van der Waals surface area (Å²) in [4.78, 5) is 90.9. The second kappa shape index (κ2) is 27.8. The molecular formula is C67H80F4N14O7Si. The number of carbonyl (C=O) groups is 3. The van der Waals surface area contributed by atoms with Gasteiger partial charge >= 0.3 is 29.5 Å². The first-order chi connectivity index (χ1) is 44.5. The highest BCUT2D eigenvalue weighted by Gasteiger charge is 2.40. The number of fused-ring (bicyclic) bond motifs is 4. The van der Waals surface area contributed by atoms with Crippen LogP contribution in [0.5, 0.6) is 0 Å². The van der Waals surface area contributed by atoms with E-state index in [9.17, 15) is 37.1 Å². The Balaban J connectivity index is 0.000000200. The van der Waals surface area contributed by atoms with E-state index in [2.05, 4.69) is 60.5 Å². The predicted octanol–water partition coefficient (Wildman–Crippen LogP) is 11.5. The van der Waals surface area contributed by atoms with Crippen LogP contribution in [-0.4, -0.2) is 113 Å². The van der Waals surface area contributed by atoms with Gasteiger partial charge < -0.3 is 41.0 Å². The topological polar surface area (TPSA) is 255 Å². The first kappa shape index (κ1) is 65.7. The Labute approximate surface area is 536 Å². The Morgan fingerprint density at radius 3 is 1.71 bits per heavy atom. The lowest BCUT2D eigenvalue weighted by atomic mass is 9.85. The van der Waals surface area contributed by atoms with Gasteiger partial charge in [0.1, 0.15) is 12.3 Å². The number of amides is 5. The molecule has 21 nitrogen and oxygen atoms in total. The summed E-state index contributed by atoms with van der Waals surface area (Å²) in [6, 6.07) is 20.5. The number of carbonyl (C=O) groups excluding carboxylic acids is 3. The molecule has 4 aliphatic rings. The van der Waals surface area contributed by atoms with Crippen LogP contribution >= 0.6 is 0 Å². The average molecular weight is 1300 g/mol. The number of hydrogen-bond donors (Lipinski definition) is 5. The van der Waals surface area contributed by atoms with E-state index in [0.29, 0.717) is 118 Å². The van der Waals surface area contributed by atoms with Gasteiger partial charge in [0.25, 0.3) is 0 Å². The van der Waals surface area contributed by atoms with E-state index < -0.39 is 79.0 Å². The van der Waals surface area contributed by atoms with Crippen molar-refractivity contribution < 1.29 is 41.4 Å². The van der Waals surface area contributed by atoms with E-state index in [4.69, 9.17) is 15.2 Å². The maximum absolute atomic E-state index is 15.4. The minimum atomic E-state index is -1.29. The highest BCUT2D eigenvalue weighted by Crippen LogP contribution is 2.45. The van der Waals surface area contributed by atoms with Crippen molar-refractivity contribution in [3.63, 3.8) is 0 Å². The van der Waals surface area contributed by atoms with E-state index in [-0.39, 0.29) is 53.4 Å². The van der Waals surface area contributed by atoms with Crippen LogP contribution in [0.1, 0.15) is 154 Å². The van der Waals surface area contributed by atoms with Gasteiger partial charge in [0.05, 0.1) is 40.5 Å². The van der Waals surface area contributed by atoms with Crippen molar-refractivity contribution in [2.45, 2.75) is 158 Å². The van der Waals surface area contributed by atoms with Gasteiger partial charge in [-0.3, -0.25) is 28.7 Å². The van der Waals surface area contributed by atoms with Crippen molar-refractivity contribution in [2.75, 3.05) is 32.8 Å². The normalized spacial score (nSPS) is 20.6. The number of urea groups is 2. The Hall–Kier alpha value is -8.75. The molecule has 93 heavy (non-hydrogen) atoms. The van der Waals surface area contributed by atoms with Crippen molar-refractivity contribution in [1.82, 2.24) is 64.4 Å². The van der Waals surface area contributed by atoms with Gasteiger partial charge in [0.2, 0.25) is 0 Å². The predicted molar refractivity (Wildman–Crippen MR) is 345 cm³/mol. The van der Waals surface area contributed by atoms with Crippen LogP contribution in [0.4, 0.5) is 31.9 Å². The minimum Gasteiger partial charge on any atom is -0.444 e. The molecule has 2 aliphatic carbocycles. The fourth-order valence-corrected chi connectivity index (χ4v) is 14.2. The summed E-state index contributed by atoms with van der Waals surface area (Å²) in [7, 11) is -1.29. The van der Waals surface area contributed by atoms with Crippen molar-refractivity contribution >= 4 is 48.6 Å². The Kier molecular flexibility index (Phi) is 19.7. The maximum atomic E-state index is 15.4. The van der Waals surface area contributed by atoms with Crippen LogP contribution in [-0.2, 0) is 16.2 Å². The molecule has 6 atom stereocenters. The van der Waals surface area contributed by atoms with E-state index >= 15 is 4.39 Å². The van der Waals surface area contributed by atoms with Gasteiger partial charge in [-0.1, -0.05) is 56.0 Å². The number of ether oxygens (including phenoxy) is 2. The summed E-state index contributed by atoms with van der Waals surface area (Å²) in [5, 5.41) is 9.17. The van der Waals surface area contributed by atoms with Crippen molar-refractivity contribution in [3.05, 3.63) is 188 Å². The smallest absolute Gasteiger partial charge is 0.408 e. The number of rotatable bonds is 12. The SMILES string of the molecule is CC(C)(C)OC(=O)N[C@@H]1c2cccnc2[C@H](NC(=O)N2CCC(n3c(=O)n(COCC[Si](C)(C)C)c4ncccc43)CC2)CC[C@H]1c1cccc(F)c1F.N[C@@H]1c2cccnc2[C@H](NC(=O)N2CCC(n3c(=O)[nH]c4ncccc43)CC2)CC[C@H]1c1cccc(F)c1F. The van der Waals surface area contributed by atoms with Crippen LogP contribution in [0.3, 0.4) is 0 Å². The lowest BCUT2D eigenvalue weighted by molar-refractivity contribution is 0.0494. The third-order valence-electron chi connectivity index (χ3n) is 18.2. The van der Waals surface area contributed by atoms with Crippen molar-refractivity contribution in [1.29, 1.82) is 0 Å². The average Bonchev–Trinajstić information content (AvgIpc) is 1.67. The molecule has 0 saturated carbocycles. The molecule has 6 aromatic heterocycles. The molecule has 8 heterocycles. The molecule has 8 aromatic rings. The molecule has 26 heteroatoms. The van der Waals surface area contributed by atoms with Gasteiger partial charge in [0.15, 0.2) is 34.6 Å². The second-order valence-corrected chi connectivity index (χ2v) is 32.3. The number of aromatic amines is 1. The number of halogens is 4. The molecule has 0 radical (unpaired) electrons. The van der Waals surface area contributed by atoms with Gasteiger partial charge in [-0.25, -0.2) is 51.5 Å². The molecule has 2 fully saturated rings. The van der Waals surface area contributed by atoms with E-state index in [0.717, 1.165) is 29.2 Å². The molecule has 2 aromatic carbocycles. The highest BCUT2D eigenvalue weighted by molar-refractivity contribution is 6.76. The molecule has 0 unspecified atom stereocenters. The highest BCUT2D eigenvalue weighted by atomic mass is 28.3. The number of nitrogens with one attached hydrogen (secondary N) is 4. The molecule has 6 N–H and O–H groups in total. The van der Waals surface area contributed by atoms with Gasteiger partial charge in [-0.2, -0.15) is 0 Å². The molecule has 0 bridgehead atoms. The van der Waals surface area contributed by atoms with E-state index in [1.54, 1.807) is 99.4 Å². The number of alkyl carbamates (subject to hydrolysis) is 1. The van der Waals surface area contributed by atoms with E-state index in [1.165, 1.54) is 18.2 Å². The maximum Gasteiger partial charge on any atom is 0.408 e. The number of aromatic nitrogens is 8. The summed E-state index contributed by atoms with van der Waals surface area (Å²) in [5.41, 5.74) is 10.9. The number of pyridine rings is 4. The summed E-state index contributed by atoms with van der Waals surface area (Å²) in [5.74, 6) is -4.92. The molecule has 2 aliphatic heterocycles.